The maximum absolute atomic E-state index is 9.46. The van der Waals surface area contributed by atoms with Gasteiger partial charge in [0.25, 0.3) is 0 Å². The third-order valence-corrected chi connectivity index (χ3v) is 2.40. The predicted molar refractivity (Wildman–Crippen MR) is 62.8 cm³/mol. The average molecular weight is 233 g/mol. The average Bonchev–Trinajstić information content (AvgIpc) is 2.77. The number of aliphatic hydroxyl groups is 1. The van der Waals surface area contributed by atoms with Gasteiger partial charge in [0.2, 0.25) is 5.88 Å². The molecular formula is C12H15N3O2. The van der Waals surface area contributed by atoms with Gasteiger partial charge in [0.15, 0.2) is 5.75 Å². The van der Waals surface area contributed by atoms with Crippen molar-refractivity contribution in [3.63, 3.8) is 0 Å². The van der Waals surface area contributed by atoms with Gasteiger partial charge in [-0.3, -0.25) is 4.68 Å². The smallest absolute Gasteiger partial charge is 0.219 e. The van der Waals surface area contributed by atoms with E-state index in [9.17, 15) is 5.11 Å². The maximum Gasteiger partial charge on any atom is 0.219 e. The van der Waals surface area contributed by atoms with Crippen molar-refractivity contribution in [2.45, 2.75) is 26.5 Å². The van der Waals surface area contributed by atoms with Crippen molar-refractivity contribution in [3.05, 3.63) is 36.3 Å². The van der Waals surface area contributed by atoms with Crippen molar-refractivity contribution >= 4 is 0 Å². The molecule has 2 heterocycles. The molecule has 0 saturated heterocycles. The number of hydrogen-bond acceptors (Lipinski definition) is 4. The standard InChI is InChI=1S/C12H15N3O2/c1-3-15-8-11(7-14-15)17-12-6-10(9(2)16)4-5-13-12/h4-9,16H,3H2,1-2H3. The molecule has 0 radical (unpaired) electrons. The lowest BCUT2D eigenvalue weighted by molar-refractivity contribution is 0.198. The molecule has 5 heteroatoms. The van der Waals surface area contributed by atoms with Crippen LogP contribution in [0.3, 0.4) is 0 Å². The Hall–Kier alpha value is -1.88. The summed E-state index contributed by atoms with van der Waals surface area (Å²) in [6.45, 7) is 4.50. The summed E-state index contributed by atoms with van der Waals surface area (Å²) in [6.07, 6.45) is 4.53. The Labute approximate surface area is 99.7 Å². The van der Waals surface area contributed by atoms with E-state index >= 15 is 0 Å². The highest BCUT2D eigenvalue weighted by atomic mass is 16.5. The molecule has 2 aromatic heterocycles. The van der Waals surface area contributed by atoms with E-state index in [1.807, 2.05) is 6.92 Å². The fraction of sp³-hybridized carbons (Fsp3) is 0.333. The molecule has 17 heavy (non-hydrogen) atoms. The quantitative estimate of drug-likeness (QED) is 0.878. The molecule has 90 valence electrons. The highest BCUT2D eigenvalue weighted by molar-refractivity contribution is 5.26. The summed E-state index contributed by atoms with van der Waals surface area (Å²) in [5, 5.41) is 13.6. The van der Waals surface area contributed by atoms with Crippen LogP contribution in [0.4, 0.5) is 0 Å². The Balaban J connectivity index is 2.15. The molecule has 0 aliphatic heterocycles. The van der Waals surface area contributed by atoms with Gasteiger partial charge in [0, 0.05) is 18.8 Å². The molecule has 1 N–H and O–H groups in total. The monoisotopic (exact) mass is 233 g/mol. The number of aromatic nitrogens is 3. The van der Waals surface area contributed by atoms with Crippen LogP contribution in [0.2, 0.25) is 0 Å². The Bertz CT molecular complexity index is 494. The fourth-order valence-electron chi connectivity index (χ4n) is 1.43. The highest BCUT2D eigenvalue weighted by Crippen LogP contribution is 2.21. The topological polar surface area (TPSA) is 60.2 Å². The van der Waals surface area contributed by atoms with Crippen LogP contribution >= 0.6 is 0 Å². The Morgan fingerprint density at radius 2 is 2.35 bits per heavy atom. The molecule has 5 nitrogen and oxygen atoms in total. The van der Waals surface area contributed by atoms with Gasteiger partial charge in [-0.25, -0.2) is 4.98 Å². The van der Waals surface area contributed by atoms with Crippen molar-refractivity contribution < 1.29 is 9.84 Å². The fourth-order valence-corrected chi connectivity index (χ4v) is 1.43. The molecule has 0 fully saturated rings. The Morgan fingerprint density at radius 3 is 3.00 bits per heavy atom. The third-order valence-electron chi connectivity index (χ3n) is 2.40. The second kappa shape index (κ2) is 4.97. The number of rotatable bonds is 4. The molecule has 0 saturated carbocycles. The van der Waals surface area contributed by atoms with E-state index in [-0.39, 0.29) is 0 Å². The van der Waals surface area contributed by atoms with E-state index in [1.165, 1.54) is 0 Å². The van der Waals surface area contributed by atoms with Crippen LogP contribution in [0, 0.1) is 0 Å². The van der Waals surface area contributed by atoms with Crippen LogP contribution in [0.25, 0.3) is 0 Å². The Kier molecular flexibility index (Phi) is 3.39. The summed E-state index contributed by atoms with van der Waals surface area (Å²) in [6, 6.07) is 3.47. The highest BCUT2D eigenvalue weighted by Gasteiger charge is 2.05. The first-order valence-electron chi connectivity index (χ1n) is 5.53. The molecule has 0 bridgehead atoms. The molecule has 2 rings (SSSR count). The van der Waals surface area contributed by atoms with Crippen LogP contribution in [-0.4, -0.2) is 19.9 Å². The lowest BCUT2D eigenvalue weighted by Gasteiger charge is -2.06. The second-order valence-electron chi connectivity index (χ2n) is 3.74. The number of pyridine rings is 1. The Morgan fingerprint density at radius 1 is 1.53 bits per heavy atom. The van der Waals surface area contributed by atoms with Crippen molar-refractivity contribution in [2.75, 3.05) is 0 Å². The molecule has 0 amide bonds. The molecule has 1 unspecified atom stereocenters. The van der Waals surface area contributed by atoms with Crippen molar-refractivity contribution in [3.8, 4) is 11.6 Å². The van der Waals surface area contributed by atoms with Crippen LogP contribution in [0.15, 0.2) is 30.7 Å². The molecule has 1 atom stereocenters. The van der Waals surface area contributed by atoms with E-state index < -0.39 is 6.10 Å². The summed E-state index contributed by atoms with van der Waals surface area (Å²) in [7, 11) is 0. The van der Waals surface area contributed by atoms with Gasteiger partial charge in [0.1, 0.15) is 0 Å². The molecule has 0 spiro atoms. The SMILES string of the molecule is CCn1cc(Oc2cc(C(C)O)ccn2)cn1. The minimum atomic E-state index is -0.529. The van der Waals surface area contributed by atoms with Crippen molar-refractivity contribution in [2.24, 2.45) is 0 Å². The van der Waals surface area contributed by atoms with E-state index in [0.29, 0.717) is 11.6 Å². The summed E-state index contributed by atoms with van der Waals surface area (Å²) in [5.41, 5.74) is 0.776. The number of ether oxygens (including phenoxy) is 1. The third kappa shape index (κ3) is 2.82. The van der Waals surface area contributed by atoms with Crippen LogP contribution in [0.1, 0.15) is 25.5 Å². The van der Waals surface area contributed by atoms with Gasteiger partial charge in [-0.05, 0) is 25.5 Å². The molecule has 0 aromatic carbocycles. The van der Waals surface area contributed by atoms with E-state index in [4.69, 9.17) is 4.74 Å². The number of hydrogen-bond donors (Lipinski definition) is 1. The minimum Gasteiger partial charge on any atom is -0.436 e. The van der Waals surface area contributed by atoms with Gasteiger partial charge in [-0.15, -0.1) is 0 Å². The first-order valence-corrected chi connectivity index (χ1v) is 5.53. The maximum atomic E-state index is 9.46. The van der Waals surface area contributed by atoms with Gasteiger partial charge in [-0.2, -0.15) is 5.10 Å². The number of aryl methyl sites for hydroxylation is 1. The zero-order valence-electron chi connectivity index (χ0n) is 9.87. The number of aliphatic hydroxyl groups excluding tert-OH is 1. The van der Waals surface area contributed by atoms with Gasteiger partial charge >= 0.3 is 0 Å². The summed E-state index contributed by atoms with van der Waals surface area (Å²) >= 11 is 0. The van der Waals surface area contributed by atoms with E-state index in [0.717, 1.165) is 12.1 Å². The minimum absolute atomic E-state index is 0.457. The molecular weight excluding hydrogens is 218 g/mol. The van der Waals surface area contributed by atoms with Crippen molar-refractivity contribution in [1.82, 2.24) is 14.8 Å². The van der Waals surface area contributed by atoms with Crippen molar-refractivity contribution in [1.29, 1.82) is 0 Å². The normalized spacial score (nSPS) is 12.4. The largest absolute Gasteiger partial charge is 0.436 e. The zero-order chi connectivity index (χ0) is 12.3. The first-order chi connectivity index (χ1) is 8.19. The molecule has 2 aromatic rings. The zero-order valence-corrected chi connectivity index (χ0v) is 9.87. The van der Waals surface area contributed by atoms with Gasteiger partial charge in [0.05, 0.1) is 18.5 Å². The first kappa shape index (κ1) is 11.6. The summed E-state index contributed by atoms with van der Waals surface area (Å²) in [5.74, 6) is 1.10. The van der Waals surface area contributed by atoms with Gasteiger partial charge < -0.3 is 9.84 Å². The predicted octanol–water partition coefficient (Wildman–Crippen LogP) is 2.14. The second-order valence-corrected chi connectivity index (χ2v) is 3.74. The van der Waals surface area contributed by atoms with Crippen LogP contribution < -0.4 is 4.74 Å². The van der Waals surface area contributed by atoms with Crippen LogP contribution in [-0.2, 0) is 6.54 Å². The number of nitrogens with zero attached hydrogens (tertiary/aromatic N) is 3. The summed E-state index contributed by atoms with van der Waals surface area (Å²) in [4.78, 5) is 4.08. The summed E-state index contributed by atoms with van der Waals surface area (Å²) < 4.78 is 7.32. The molecule has 0 aliphatic carbocycles. The lowest BCUT2D eigenvalue weighted by atomic mass is 10.2. The van der Waals surface area contributed by atoms with Crippen LogP contribution in [0.5, 0.6) is 11.6 Å². The lowest BCUT2D eigenvalue weighted by Crippen LogP contribution is -1.94. The molecule has 0 aliphatic rings. The van der Waals surface area contributed by atoms with E-state index in [1.54, 1.807) is 42.3 Å². The van der Waals surface area contributed by atoms with Gasteiger partial charge in [-0.1, -0.05) is 0 Å². The van der Waals surface area contributed by atoms with E-state index in [2.05, 4.69) is 10.1 Å².